The summed E-state index contributed by atoms with van der Waals surface area (Å²) in [7, 11) is 0. The van der Waals surface area contributed by atoms with Crippen LogP contribution in [-0.4, -0.2) is 30.1 Å². The Balaban J connectivity index is 2.22. The number of carbonyl (C=O) groups excluding carboxylic acids is 1. The number of nitrogen functional groups attached to an aromatic ring is 1. The molecule has 8 heteroatoms. The standard InChI is InChI=1S/C13H11F5N2O/c14-8-5-9(11(15)10(19)6-8)12(21)20-3-1-7(2-4-20)13(16,17)18/h1,5-6H,2-4,19H2. The van der Waals surface area contributed by atoms with E-state index in [4.69, 9.17) is 5.73 Å². The third-order valence-corrected chi connectivity index (χ3v) is 3.16. The predicted molar refractivity (Wildman–Crippen MR) is 65.4 cm³/mol. The van der Waals surface area contributed by atoms with Gasteiger partial charge in [-0.05, 0) is 18.6 Å². The summed E-state index contributed by atoms with van der Waals surface area (Å²) in [4.78, 5) is 13.0. The number of carbonyl (C=O) groups is 1. The van der Waals surface area contributed by atoms with Gasteiger partial charge < -0.3 is 10.6 Å². The quantitative estimate of drug-likeness (QED) is 0.493. The molecule has 0 spiro atoms. The van der Waals surface area contributed by atoms with Crippen molar-refractivity contribution in [2.24, 2.45) is 0 Å². The highest BCUT2D eigenvalue weighted by Crippen LogP contribution is 2.30. The zero-order valence-corrected chi connectivity index (χ0v) is 10.7. The first-order valence-electron chi connectivity index (χ1n) is 6.00. The van der Waals surface area contributed by atoms with Crippen molar-refractivity contribution in [3.63, 3.8) is 0 Å². The van der Waals surface area contributed by atoms with Crippen LogP contribution in [0.2, 0.25) is 0 Å². The molecule has 0 unspecified atom stereocenters. The first-order chi connectivity index (χ1) is 9.70. The molecule has 1 aliphatic heterocycles. The number of halogens is 5. The average Bonchev–Trinajstić information content (AvgIpc) is 2.41. The second kappa shape index (κ2) is 5.34. The predicted octanol–water partition coefficient (Wildman–Crippen LogP) is 2.88. The number of amides is 1. The Hall–Kier alpha value is -2.12. The molecular weight excluding hydrogens is 295 g/mol. The van der Waals surface area contributed by atoms with Gasteiger partial charge in [0.2, 0.25) is 0 Å². The zero-order valence-electron chi connectivity index (χ0n) is 10.7. The zero-order chi connectivity index (χ0) is 15.8. The van der Waals surface area contributed by atoms with Crippen LogP contribution in [0.3, 0.4) is 0 Å². The molecule has 1 amide bonds. The maximum absolute atomic E-state index is 13.7. The van der Waals surface area contributed by atoms with E-state index in [0.717, 1.165) is 17.0 Å². The van der Waals surface area contributed by atoms with E-state index < -0.39 is 40.5 Å². The van der Waals surface area contributed by atoms with Gasteiger partial charge in [0.15, 0.2) is 5.82 Å². The molecule has 0 fully saturated rings. The highest BCUT2D eigenvalue weighted by atomic mass is 19.4. The van der Waals surface area contributed by atoms with Crippen LogP contribution in [0.1, 0.15) is 16.8 Å². The minimum absolute atomic E-state index is 0.222. The number of hydrogen-bond donors (Lipinski definition) is 1. The largest absolute Gasteiger partial charge is 0.412 e. The summed E-state index contributed by atoms with van der Waals surface area (Å²) in [6.45, 7) is -0.538. The van der Waals surface area contributed by atoms with Gasteiger partial charge in [-0.15, -0.1) is 0 Å². The lowest BCUT2D eigenvalue weighted by atomic mass is 10.1. The van der Waals surface area contributed by atoms with E-state index in [1.54, 1.807) is 0 Å². The van der Waals surface area contributed by atoms with Crippen LogP contribution in [0.5, 0.6) is 0 Å². The number of rotatable bonds is 1. The Morgan fingerprint density at radius 1 is 1.24 bits per heavy atom. The van der Waals surface area contributed by atoms with Crippen LogP contribution in [0, 0.1) is 11.6 Å². The van der Waals surface area contributed by atoms with Crippen molar-refractivity contribution in [1.82, 2.24) is 4.90 Å². The molecule has 1 aromatic carbocycles. The van der Waals surface area contributed by atoms with Crippen LogP contribution < -0.4 is 5.73 Å². The minimum atomic E-state index is -4.44. The molecule has 0 saturated carbocycles. The van der Waals surface area contributed by atoms with Gasteiger partial charge in [-0.1, -0.05) is 6.08 Å². The van der Waals surface area contributed by atoms with E-state index in [0.29, 0.717) is 6.07 Å². The number of benzene rings is 1. The molecule has 0 atom stereocenters. The van der Waals surface area contributed by atoms with Crippen molar-refractivity contribution < 1.29 is 26.7 Å². The topological polar surface area (TPSA) is 46.3 Å². The lowest BCUT2D eigenvalue weighted by Crippen LogP contribution is -2.37. The summed E-state index contributed by atoms with van der Waals surface area (Å²) in [5.74, 6) is -2.86. The van der Waals surface area contributed by atoms with Crippen LogP contribution in [0.4, 0.5) is 27.6 Å². The molecule has 114 valence electrons. The second-order valence-electron chi connectivity index (χ2n) is 4.58. The second-order valence-corrected chi connectivity index (χ2v) is 4.58. The number of alkyl halides is 3. The van der Waals surface area contributed by atoms with Crippen LogP contribution in [0.15, 0.2) is 23.8 Å². The molecule has 0 aromatic heterocycles. The Labute approximate surface area is 116 Å². The summed E-state index contributed by atoms with van der Waals surface area (Å²) < 4.78 is 64.3. The van der Waals surface area contributed by atoms with E-state index in [2.05, 4.69) is 0 Å². The minimum Gasteiger partial charge on any atom is -0.396 e. The average molecular weight is 306 g/mol. The van der Waals surface area contributed by atoms with Gasteiger partial charge in [-0.25, -0.2) is 8.78 Å². The molecule has 2 rings (SSSR count). The summed E-state index contributed by atoms with van der Waals surface area (Å²) in [6, 6.07) is 1.40. The highest BCUT2D eigenvalue weighted by molar-refractivity contribution is 5.95. The van der Waals surface area contributed by atoms with Crippen molar-refractivity contribution in [2.45, 2.75) is 12.6 Å². The van der Waals surface area contributed by atoms with Crippen molar-refractivity contribution >= 4 is 11.6 Å². The maximum atomic E-state index is 13.7. The molecule has 1 heterocycles. The third kappa shape index (κ3) is 3.14. The summed E-state index contributed by atoms with van der Waals surface area (Å²) in [6.07, 6.45) is -3.96. The van der Waals surface area contributed by atoms with Crippen molar-refractivity contribution in [3.05, 3.63) is 41.0 Å². The SMILES string of the molecule is Nc1cc(F)cc(C(=O)N2CC=C(C(F)(F)F)CC2)c1F. The van der Waals surface area contributed by atoms with Gasteiger partial charge in [0.05, 0.1) is 11.3 Å². The number of nitrogens with two attached hydrogens (primary N) is 1. The Bertz CT molecular complexity index is 609. The lowest BCUT2D eigenvalue weighted by Gasteiger charge is -2.27. The molecule has 0 bridgehead atoms. The Kier molecular flexibility index (Phi) is 3.89. The summed E-state index contributed by atoms with van der Waals surface area (Å²) in [5.41, 5.74) is 3.38. The molecular formula is C13H11F5N2O. The van der Waals surface area contributed by atoms with Gasteiger partial charge in [0.1, 0.15) is 5.82 Å². The monoisotopic (exact) mass is 306 g/mol. The molecule has 3 nitrogen and oxygen atoms in total. The molecule has 0 saturated heterocycles. The maximum Gasteiger partial charge on any atom is 0.412 e. The van der Waals surface area contributed by atoms with E-state index in [9.17, 15) is 26.7 Å². The molecule has 0 radical (unpaired) electrons. The fourth-order valence-corrected chi connectivity index (χ4v) is 2.05. The molecule has 21 heavy (non-hydrogen) atoms. The van der Waals surface area contributed by atoms with E-state index in [1.807, 2.05) is 0 Å². The van der Waals surface area contributed by atoms with E-state index >= 15 is 0 Å². The molecule has 1 aliphatic rings. The molecule has 2 N–H and O–H groups in total. The van der Waals surface area contributed by atoms with Crippen LogP contribution >= 0.6 is 0 Å². The number of hydrogen-bond acceptors (Lipinski definition) is 2. The Morgan fingerprint density at radius 3 is 2.43 bits per heavy atom. The first kappa shape index (κ1) is 15.3. The van der Waals surface area contributed by atoms with Crippen LogP contribution in [0.25, 0.3) is 0 Å². The van der Waals surface area contributed by atoms with Gasteiger partial charge in [-0.3, -0.25) is 4.79 Å². The fraction of sp³-hybridized carbons (Fsp3) is 0.308. The molecule has 0 aliphatic carbocycles. The van der Waals surface area contributed by atoms with Gasteiger partial charge in [0, 0.05) is 18.7 Å². The molecule has 1 aromatic rings. The third-order valence-electron chi connectivity index (χ3n) is 3.16. The highest BCUT2D eigenvalue weighted by Gasteiger charge is 2.35. The summed E-state index contributed by atoms with van der Waals surface area (Å²) in [5, 5.41) is 0. The van der Waals surface area contributed by atoms with Gasteiger partial charge in [-0.2, -0.15) is 13.2 Å². The lowest BCUT2D eigenvalue weighted by molar-refractivity contribution is -0.0957. The van der Waals surface area contributed by atoms with Crippen molar-refractivity contribution in [3.8, 4) is 0 Å². The first-order valence-corrected chi connectivity index (χ1v) is 6.00. The number of anilines is 1. The summed E-state index contributed by atoms with van der Waals surface area (Å²) >= 11 is 0. The van der Waals surface area contributed by atoms with E-state index in [-0.39, 0.29) is 19.5 Å². The normalized spacial score (nSPS) is 15.9. The number of nitrogens with zero attached hydrogens (tertiary/aromatic N) is 1. The Morgan fingerprint density at radius 2 is 1.90 bits per heavy atom. The fourth-order valence-electron chi connectivity index (χ4n) is 2.05. The van der Waals surface area contributed by atoms with Gasteiger partial charge in [0.25, 0.3) is 5.91 Å². The van der Waals surface area contributed by atoms with E-state index in [1.165, 1.54) is 0 Å². The van der Waals surface area contributed by atoms with Crippen molar-refractivity contribution in [2.75, 3.05) is 18.8 Å². The smallest absolute Gasteiger partial charge is 0.396 e. The van der Waals surface area contributed by atoms with Crippen molar-refractivity contribution in [1.29, 1.82) is 0 Å². The van der Waals surface area contributed by atoms with Crippen LogP contribution in [-0.2, 0) is 0 Å². The van der Waals surface area contributed by atoms with Gasteiger partial charge >= 0.3 is 6.18 Å².